The predicted octanol–water partition coefficient (Wildman–Crippen LogP) is 3.94. The molecule has 0 aliphatic carbocycles. The molecule has 130 valence electrons. The Labute approximate surface area is 154 Å². The van der Waals surface area contributed by atoms with Crippen LogP contribution >= 0.6 is 11.8 Å². The summed E-state index contributed by atoms with van der Waals surface area (Å²) in [6.45, 7) is 1.97. The molecule has 4 rings (SSSR count). The van der Waals surface area contributed by atoms with Crippen molar-refractivity contribution in [1.82, 2.24) is 20.2 Å². The van der Waals surface area contributed by atoms with E-state index < -0.39 is 0 Å². The number of nitrogens with one attached hydrogen (secondary N) is 2. The number of carbonyl (C=O) groups excluding carboxylic acids is 1. The summed E-state index contributed by atoms with van der Waals surface area (Å²) in [7, 11) is 0. The van der Waals surface area contributed by atoms with E-state index in [-0.39, 0.29) is 5.91 Å². The fourth-order valence-corrected chi connectivity index (χ4v) is 3.45. The van der Waals surface area contributed by atoms with Crippen molar-refractivity contribution in [2.45, 2.75) is 18.5 Å². The third-order valence-corrected chi connectivity index (χ3v) is 4.92. The standard InChI is InChI=1S/C19H17N5OS/c1-12-6-2-4-8-14(12)20-16(25)10-11-26-19-22-18-17(23-24-19)13-7-3-5-9-15(13)21-18/h2-9H,10-11H2,1H3,(H,20,25)(H,21,22,24). The van der Waals surface area contributed by atoms with E-state index in [1.165, 1.54) is 11.8 Å². The molecular weight excluding hydrogens is 346 g/mol. The van der Waals surface area contributed by atoms with E-state index in [0.29, 0.717) is 23.0 Å². The van der Waals surface area contributed by atoms with Gasteiger partial charge in [0.2, 0.25) is 11.1 Å². The average molecular weight is 363 g/mol. The Morgan fingerprint density at radius 2 is 1.92 bits per heavy atom. The molecule has 2 aromatic heterocycles. The molecule has 4 aromatic rings. The number of amides is 1. The molecule has 0 aliphatic rings. The second-order valence-electron chi connectivity index (χ2n) is 5.92. The molecule has 26 heavy (non-hydrogen) atoms. The van der Waals surface area contributed by atoms with Gasteiger partial charge < -0.3 is 10.3 Å². The van der Waals surface area contributed by atoms with Crippen molar-refractivity contribution >= 4 is 45.4 Å². The smallest absolute Gasteiger partial charge is 0.225 e. The lowest BCUT2D eigenvalue weighted by Crippen LogP contribution is -2.13. The lowest BCUT2D eigenvalue weighted by atomic mass is 10.2. The minimum atomic E-state index is -0.0218. The molecule has 2 aromatic carbocycles. The first-order valence-corrected chi connectivity index (χ1v) is 9.29. The van der Waals surface area contributed by atoms with Crippen LogP contribution in [0.5, 0.6) is 0 Å². The number of aryl methyl sites for hydroxylation is 1. The number of nitrogens with zero attached hydrogens (tertiary/aromatic N) is 3. The molecule has 2 N–H and O–H groups in total. The normalized spacial score (nSPS) is 11.1. The Bertz CT molecular complexity index is 1090. The van der Waals surface area contributed by atoms with Crippen LogP contribution in [-0.4, -0.2) is 31.8 Å². The number of para-hydroxylation sites is 2. The van der Waals surface area contributed by atoms with E-state index in [1.807, 2.05) is 55.5 Å². The first kappa shape index (κ1) is 16.5. The third-order valence-electron chi connectivity index (χ3n) is 4.08. The second kappa shape index (κ2) is 7.13. The van der Waals surface area contributed by atoms with Crippen LogP contribution in [0.25, 0.3) is 22.1 Å². The van der Waals surface area contributed by atoms with Gasteiger partial charge in [-0.2, -0.15) is 0 Å². The summed E-state index contributed by atoms with van der Waals surface area (Å²) in [5, 5.41) is 13.0. The summed E-state index contributed by atoms with van der Waals surface area (Å²) in [4.78, 5) is 19.9. The van der Waals surface area contributed by atoms with Crippen molar-refractivity contribution in [2.75, 3.05) is 11.1 Å². The topological polar surface area (TPSA) is 83.6 Å². The van der Waals surface area contributed by atoms with Crippen molar-refractivity contribution < 1.29 is 4.79 Å². The van der Waals surface area contributed by atoms with E-state index in [1.54, 1.807) is 0 Å². The number of rotatable bonds is 5. The molecule has 2 heterocycles. The zero-order valence-corrected chi connectivity index (χ0v) is 15.0. The zero-order valence-electron chi connectivity index (χ0n) is 14.2. The van der Waals surface area contributed by atoms with Gasteiger partial charge in [-0.05, 0) is 24.6 Å². The van der Waals surface area contributed by atoms with Crippen LogP contribution in [0.1, 0.15) is 12.0 Å². The summed E-state index contributed by atoms with van der Waals surface area (Å²) >= 11 is 1.42. The van der Waals surface area contributed by atoms with Gasteiger partial charge in [-0.25, -0.2) is 4.98 Å². The predicted molar refractivity (Wildman–Crippen MR) is 104 cm³/mol. The second-order valence-corrected chi connectivity index (χ2v) is 6.99. The molecular formula is C19H17N5OS. The molecule has 0 fully saturated rings. The largest absolute Gasteiger partial charge is 0.338 e. The van der Waals surface area contributed by atoms with Gasteiger partial charge in [0, 0.05) is 28.8 Å². The number of aromatic amines is 1. The molecule has 0 saturated carbocycles. The first-order chi connectivity index (χ1) is 12.7. The van der Waals surface area contributed by atoms with Crippen LogP contribution in [0, 0.1) is 6.92 Å². The van der Waals surface area contributed by atoms with Crippen LogP contribution in [0.4, 0.5) is 5.69 Å². The Balaban J connectivity index is 1.39. The van der Waals surface area contributed by atoms with Crippen LogP contribution < -0.4 is 5.32 Å². The minimum absolute atomic E-state index is 0.0218. The fourth-order valence-electron chi connectivity index (χ4n) is 2.73. The van der Waals surface area contributed by atoms with E-state index in [4.69, 9.17) is 0 Å². The van der Waals surface area contributed by atoms with Gasteiger partial charge in [0.05, 0.1) is 0 Å². The van der Waals surface area contributed by atoms with Crippen LogP contribution in [0.2, 0.25) is 0 Å². The van der Waals surface area contributed by atoms with Crippen molar-refractivity contribution in [2.24, 2.45) is 0 Å². The third kappa shape index (κ3) is 3.39. The molecule has 0 spiro atoms. The van der Waals surface area contributed by atoms with Crippen LogP contribution in [0.3, 0.4) is 0 Å². The fraction of sp³-hybridized carbons (Fsp3) is 0.158. The highest BCUT2D eigenvalue weighted by Crippen LogP contribution is 2.23. The molecule has 0 radical (unpaired) electrons. The number of benzene rings is 2. The lowest BCUT2D eigenvalue weighted by Gasteiger charge is -2.07. The van der Waals surface area contributed by atoms with Gasteiger partial charge in [0.1, 0.15) is 5.52 Å². The average Bonchev–Trinajstić information content (AvgIpc) is 3.01. The summed E-state index contributed by atoms with van der Waals surface area (Å²) in [6, 6.07) is 15.6. The quantitative estimate of drug-likeness (QED) is 0.525. The van der Waals surface area contributed by atoms with Gasteiger partial charge in [-0.1, -0.05) is 48.2 Å². The zero-order chi connectivity index (χ0) is 17.9. The van der Waals surface area contributed by atoms with E-state index in [9.17, 15) is 4.79 Å². The maximum atomic E-state index is 12.1. The van der Waals surface area contributed by atoms with Gasteiger partial charge in [0.15, 0.2) is 5.65 Å². The number of carbonyl (C=O) groups is 1. The summed E-state index contributed by atoms with van der Waals surface area (Å²) in [6.07, 6.45) is 0.382. The number of thioether (sulfide) groups is 1. The Morgan fingerprint density at radius 3 is 2.81 bits per heavy atom. The Kier molecular flexibility index (Phi) is 4.53. The number of aromatic nitrogens is 4. The van der Waals surface area contributed by atoms with Gasteiger partial charge in [-0.15, -0.1) is 10.2 Å². The molecule has 0 unspecified atom stereocenters. The molecule has 7 heteroatoms. The first-order valence-electron chi connectivity index (χ1n) is 8.30. The molecule has 0 aliphatic heterocycles. The van der Waals surface area contributed by atoms with Crippen molar-refractivity contribution in [3.05, 3.63) is 54.1 Å². The van der Waals surface area contributed by atoms with Crippen molar-refractivity contribution in [1.29, 1.82) is 0 Å². The van der Waals surface area contributed by atoms with Crippen molar-refractivity contribution in [3.8, 4) is 0 Å². The number of hydrogen-bond donors (Lipinski definition) is 2. The van der Waals surface area contributed by atoms with Gasteiger partial charge in [0.25, 0.3) is 0 Å². The Hall–Kier alpha value is -2.93. The summed E-state index contributed by atoms with van der Waals surface area (Å²) in [5.74, 6) is 0.567. The highest BCUT2D eigenvalue weighted by Gasteiger charge is 2.10. The molecule has 1 amide bonds. The molecule has 6 nitrogen and oxygen atoms in total. The van der Waals surface area contributed by atoms with E-state index >= 15 is 0 Å². The van der Waals surface area contributed by atoms with Crippen molar-refractivity contribution in [3.63, 3.8) is 0 Å². The van der Waals surface area contributed by atoms with E-state index in [0.717, 1.165) is 27.7 Å². The monoisotopic (exact) mass is 363 g/mol. The number of hydrogen-bond acceptors (Lipinski definition) is 5. The van der Waals surface area contributed by atoms with Gasteiger partial charge in [-0.3, -0.25) is 4.79 Å². The SMILES string of the molecule is Cc1ccccc1NC(=O)CCSc1nnc2c(n1)[nH]c1ccccc12. The van der Waals surface area contributed by atoms with E-state index in [2.05, 4.69) is 25.5 Å². The molecule has 0 atom stereocenters. The number of H-pyrrole nitrogens is 1. The highest BCUT2D eigenvalue weighted by molar-refractivity contribution is 7.99. The lowest BCUT2D eigenvalue weighted by molar-refractivity contribution is -0.115. The Morgan fingerprint density at radius 1 is 1.12 bits per heavy atom. The molecule has 0 saturated heterocycles. The number of anilines is 1. The summed E-state index contributed by atoms with van der Waals surface area (Å²) in [5.41, 5.74) is 4.37. The van der Waals surface area contributed by atoms with Crippen LogP contribution in [0.15, 0.2) is 53.7 Å². The molecule has 0 bridgehead atoms. The minimum Gasteiger partial charge on any atom is -0.338 e. The maximum absolute atomic E-state index is 12.1. The summed E-state index contributed by atoms with van der Waals surface area (Å²) < 4.78 is 0. The highest BCUT2D eigenvalue weighted by atomic mass is 32.2. The van der Waals surface area contributed by atoms with Gasteiger partial charge >= 0.3 is 0 Å². The van der Waals surface area contributed by atoms with Crippen LogP contribution in [-0.2, 0) is 4.79 Å². The maximum Gasteiger partial charge on any atom is 0.225 e. The number of fused-ring (bicyclic) bond motifs is 3.